The van der Waals surface area contributed by atoms with E-state index in [1.807, 2.05) is 58.0 Å². The topological polar surface area (TPSA) is 175 Å². The van der Waals surface area contributed by atoms with Crippen LogP contribution in [0.5, 0.6) is 0 Å². The number of benzene rings is 3. The zero-order chi connectivity index (χ0) is 46.1. The van der Waals surface area contributed by atoms with Crippen LogP contribution in [-0.4, -0.2) is 93.1 Å². The van der Waals surface area contributed by atoms with Gasteiger partial charge in [-0.2, -0.15) is 8.78 Å². The Morgan fingerprint density at radius 2 is 1.38 bits per heavy atom. The Labute approximate surface area is 376 Å². The van der Waals surface area contributed by atoms with Crippen molar-refractivity contribution in [2.24, 2.45) is 23.2 Å². The van der Waals surface area contributed by atoms with Gasteiger partial charge in [0.25, 0.3) is 5.92 Å². The number of nitrogens with zero attached hydrogens (tertiary/aromatic N) is 4. The number of H-pyrrole nitrogens is 2. The molecule has 1 unspecified atom stereocenters. The van der Waals surface area contributed by atoms with Gasteiger partial charge in [0.05, 0.1) is 49.2 Å². The summed E-state index contributed by atoms with van der Waals surface area (Å²) in [5, 5.41) is 5.41. The summed E-state index contributed by atoms with van der Waals surface area (Å²) in [4.78, 5) is 72.3. The monoisotopic (exact) mass is 890 g/mol. The van der Waals surface area contributed by atoms with Crippen molar-refractivity contribution < 1.29 is 37.4 Å². The highest BCUT2D eigenvalue weighted by Crippen LogP contribution is 2.59. The number of aromatic amines is 2. The summed E-state index contributed by atoms with van der Waals surface area (Å²) in [7, 11) is 2.53. The molecule has 0 bridgehead atoms. The molecule has 5 atom stereocenters. The fourth-order valence-electron chi connectivity index (χ4n) is 10.3. The highest BCUT2D eigenvalue weighted by molar-refractivity contribution is 5.89. The van der Waals surface area contributed by atoms with Crippen LogP contribution in [0.25, 0.3) is 44.5 Å². The minimum absolute atomic E-state index is 0.00876. The number of fused-ring (bicyclic) bond motifs is 4. The lowest BCUT2D eigenvalue weighted by molar-refractivity contribution is -0.136. The molecule has 4 aliphatic rings. The largest absolute Gasteiger partial charge is 0.453 e. The second kappa shape index (κ2) is 16.6. The number of hydrogen-bond donors (Lipinski definition) is 4. The first-order chi connectivity index (χ1) is 31.1. The molecule has 2 aromatic heterocycles. The maximum atomic E-state index is 16.7. The summed E-state index contributed by atoms with van der Waals surface area (Å²) < 4.78 is 42.9. The highest BCUT2D eigenvalue weighted by Gasteiger charge is 2.55. The number of nitrogens with one attached hydrogen (secondary N) is 4. The second-order valence-electron chi connectivity index (χ2n) is 19.0. The third-order valence-corrected chi connectivity index (χ3v) is 14.2. The van der Waals surface area contributed by atoms with Gasteiger partial charge in [-0.05, 0) is 95.4 Å². The van der Waals surface area contributed by atoms with Gasteiger partial charge in [0.1, 0.15) is 23.7 Å². The molecule has 4 N–H and O–H groups in total. The molecule has 1 saturated carbocycles. The number of imidazole rings is 2. The summed E-state index contributed by atoms with van der Waals surface area (Å²) in [6.07, 6.45) is 4.62. The number of aromatic nitrogens is 4. The fourth-order valence-corrected chi connectivity index (χ4v) is 10.3. The van der Waals surface area contributed by atoms with Crippen molar-refractivity contribution in [1.29, 1.82) is 0 Å². The molecular formula is C49H56F2N8O6. The van der Waals surface area contributed by atoms with Gasteiger partial charge >= 0.3 is 12.2 Å². The molecule has 3 aromatic carbocycles. The average molecular weight is 891 g/mol. The van der Waals surface area contributed by atoms with Crippen molar-refractivity contribution in [2.45, 2.75) is 96.8 Å². The quantitative estimate of drug-likeness (QED) is 0.102. The first kappa shape index (κ1) is 43.9. The van der Waals surface area contributed by atoms with E-state index in [2.05, 4.69) is 27.5 Å². The van der Waals surface area contributed by atoms with Crippen LogP contribution in [0.4, 0.5) is 18.4 Å². The summed E-state index contributed by atoms with van der Waals surface area (Å²) in [5.41, 5.74) is 4.61. The number of likely N-dealkylation sites (tertiary alicyclic amines) is 2. The van der Waals surface area contributed by atoms with Gasteiger partial charge in [-0.25, -0.2) is 19.6 Å². The van der Waals surface area contributed by atoms with Crippen molar-refractivity contribution in [3.05, 3.63) is 83.6 Å². The normalized spacial score (nSPS) is 21.1. The van der Waals surface area contributed by atoms with Crippen LogP contribution < -0.4 is 10.6 Å². The lowest BCUT2D eigenvalue weighted by Gasteiger charge is -2.31. The van der Waals surface area contributed by atoms with E-state index in [0.29, 0.717) is 63.7 Å². The Morgan fingerprint density at radius 1 is 0.800 bits per heavy atom. The van der Waals surface area contributed by atoms with E-state index in [0.717, 1.165) is 37.7 Å². The molecule has 2 saturated heterocycles. The van der Waals surface area contributed by atoms with E-state index in [-0.39, 0.29) is 58.2 Å². The Bertz CT molecular complexity index is 2690. The number of halogens is 2. The number of amides is 4. The number of carbonyl (C=O) groups is 4. The van der Waals surface area contributed by atoms with Gasteiger partial charge in [0.15, 0.2) is 0 Å². The van der Waals surface area contributed by atoms with Crippen molar-refractivity contribution in [3.8, 4) is 33.5 Å². The first-order valence-corrected chi connectivity index (χ1v) is 22.6. The van der Waals surface area contributed by atoms with E-state index < -0.39 is 30.2 Å². The van der Waals surface area contributed by atoms with Crippen LogP contribution in [0.15, 0.2) is 60.8 Å². The molecule has 4 heterocycles. The molecule has 3 fully saturated rings. The number of hydrogen-bond acceptors (Lipinski definition) is 8. The number of rotatable bonds is 11. The molecule has 9 rings (SSSR count). The van der Waals surface area contributed by atoms with Gasteiger partial charge in [0, 0.05) is 29.8 Å². The van der Waals surface area contributed by atoms with Crippen LogP contribution >= 0.6 is 0 Å². The summed E-state index contributed by atoms with van der Waals surface area (Å²) >= 11 is 0. The van der Waals surface area contributed by atoms with Crippen LogP contribution in [0.2, 0.25) is 0 Å². The van der Waals surface area contributed by atoms with Crippen molar-refractivity contribution in [2.75, 3.05) is 27.3 Å². The van der Waals surface area contributed by atoms with Crippen molar-refractivity contribution >= 4 is 35.0 Å². The van der Waals surface area contributed by atoms with Crippen LogP contribution in [0.1, 0.15) is 102 Å². The molecule has 1 spiro atoms. The molecule has 14 nitrogen and oxygen atoms in total. The average Bonchev–Trinajstić information content (AvgIpc) is 3.81. The van der Waals surface area contributed by atoms with E-state index in [4.69, 9.17) is 19.4 Å². The summed E-state index contributed by atoms with van der Waals surface area (Å²) in [6, 6.07) is 13.6. The van der Waals surface area contributed by atoms with Crippen LogP contribution in [-0.2, 0) is 25.0 Å². The first-order valence-electron chi connectivity index (χ1n) is 22.6. The number of carbonyl (C=O) groups excluding carboxylic acids is 4. The van der Waals surface area contributed by atoms with E-state index >= 15 is 8.78 Å². The summed E-state index contributed by atoms with van der Waals surface area (Å²) in [5.74, 6) is -2.69. The lowest BCUT2D eigenvalue weighted by atomic mass is 9.96. The molecule has 0 radical (unpaired) electrons. The smallest absolute Gasteiger partial charge is 0.407 e. The maximum Gasteiger partial charge on any atom is 0.407 e. The SMILES string of the molecule is CC[C@@H]1CCN(C(=O)[C@@H](NC(=O)OC)C(C)C)[C@@H]1c1nc2ccc(-c3ccc4c(c3)C(F)(F)c3cc(-c5cnc([C@@H]6CC7(CC7)CN6C(=O)C(NC(=O)OC)C(C)C)[nH]5)ccc3-4)cc2[nH]1. The Balaban J connectivity index is 0.960. The molecular weight excluding hydrogens is 835 g/mol. The van der Waals surface area contributed by atoms with Gasteiger partial charge in [-0.15, -0.1) is 0 Å². The highest BCUT2D eigenvalue weighted by atomic mass is 19.3. The van der Waals surface area contributed by atoms with Crippen LogP contribution in [0.3, 0.4) is 0 Å². The molecule has 2 aliphatic carbocycles. The minimum atomic E-state index is -3.29. The standard InChI is InChI=1S/C49H56F2N8O6/c1-8-27-15-18-58(44(60)39(25(2)3)56-46(62)64-6)41(27)43-53-35-14-11-29(21-36(35)54-43)28-9-12-31-32-13-10-30(20-34(32)49(50,51)33(31)19-28)37-23-52-42(55-37)38-22-48(16-17-48)24-59(38)45(61)40(26(4)5)57-47(63)65-7/h9-14,19-21,23,25-27,38-41H,8,15-18,22,24H2,1-7H3,(H,52,55)(H,53,54)(H,56,62)(H,57,63)/t27-,38+,39+,40?,41+/m1/s1. The van der Waals surface area contributed by atoms with Gasteiger partial charge in [-0.1, -0.05) is 71.4 Å². The predicted molar refractivity (Wildman–Crippen MR) is 239 cm³/mol. The zero-order valence-electron chi connectivity index (χ0n) is 37.8. The van der Waals surface area contributed by atoms with Crippen molar-refractivity contribution in [3.63, 3.8) is 0 Å². The molecule has 16 heteroatoms. The number of ether oxygens (including phenoxy) is 2. The fraction of sp³-hybridized carbons (Fsp3) is 0.469. The van der Waals surface area contributed by atoms with Crippen LogP contribution in [0, 0.1) is 23.2 Å². The molecule has 342 valence electrons. The van der Waals surface area contributed by atoms with E-state index in [1.165, 1.54) is 20.3 Å². The van der Waals surface area contributed by atoms with Gasteiger partial charge in [-0.3, -0.25) is 9.59 Å². The zero-order valence-corrected chi connectivity index (χ0v) is 37.8. The van der Waals surface area contributed by atoms with E-state index in [1.54, 1.807) is 34.2 Å². The Hall–Kier alpha value is -6.32. The Kier molecular flexibility index (Phi) is 11.2. The van der Waals surface area contributed by atoms with E-state index in [9.17, 15) is 19.2 Å². The lowest BCUT2D eigenvalue weighted by Crippen LogP contribution is -2.51. The number of methoxy groups -OCH3 is 2. The third kappa shape index (κ3) is 7.77. The maximum absolute atomic E-state index is 16.7. The van der Waals surface area contributed by atoms with Crippen molar-refractivity contribution in [1.82, 2.24) is 40.4 Å². The van der Waals surface area contributed by atoms with Gasteiger partial charge in [0.2, 0.25) is 11.8 Å². The molecule has 5 aromatic rings. The van der Waals surface area contributed by atoms with Gasteiger partial charge < -0.3 is 39.9 Å². The summed E-state index contributed by atoms with van der Waals surface area (Å²) in [6.45, 7) is 10.7. The number of alkyl halides is 2. The minimum Gasteiger partial charge on any atom is -0.453 e. The Morgan fingerprint density at radius 3 is 1.98 bits per heavy atom. The predicted octanol–water partition coefficient (Wildman–Crippen LogP) is 8.85. The third-order valence-electron chi connectivity index (χ3n) is 14.2. The second-order valence-corrected chi connectivity index (χ2v) is 19.0. The number of alkyl carbamates (subject to hydrolysis) is 2. The molecule has 65 heavy (non-hydrogen) atoms. The molecule has 2 aliphatic heterocycles. The molecule has 4 amide bonds.